The highest BCUT2D eigenvalue weighted by molar-refractivity contribution is 9.10. The summed E-state index contributed by atoms with van der Waals surface area (Å²) < 4.78 is 5.70. The van der Waals surface area contributed by atoms with Gasteiger partial charge in [0.05, 0.1) is 11.3 Å². The molecule has 0 atom stereocenters. The maximum atomic E-state index is 10.6. The van der Waals surface area contributed by atoms with Gasteiger partial charge < -0.3 is 14.8 Å². The molecule has 0 spiro atoms. The van der Waals surface area contributed by atoms with Crippen LogP contribution in [0.2, 0.25) is 0 Å². The average molecular weight is 308 g/mol. The van der Waals surface area contributed by atoms with E-state index < -0.39 is 5.97 Å². The van der Waals surface area contributed by atoms with Gasteiger partial charge in [0.25, 0.3) is 6.01 Å². The Hall–Kier alpha value is -2.33. The Morgan fingerprint density at radius 1 is 1.56 bits per heavy atom. The van der Waals surface area contributed by atoms with Gasteiger partial charge in [-0.1, -0.05) is 15.9 Å². The van der Waals surface area contributed by atoms with Crippen molar-refractivity contribution in [2.45, 2.75) is 0 Å². The van der Waals surface area contributed by atoms with E-state index in [1.54, 1.807) is 18.2 Å². The van der Waals surface area contributed by atoms with Crippen LogP contribution >= 0.6 is 15.9 Å². The molecule has 0 aliphatic rings. The molecule has 0 bridgehead atoms. The zero-order chi connectivity index (χ0) is 13.1. The number of nitriles is 1. The third kappa shape index (κ3) is 2.49. The normalized spacial score (nSPS) is 9.78. The summed E-state index contributed by atoms with van der Waals surface area (Å²) >= 11 is 3.25. The number of aromatic carboxylic acids is 1. The summed E-state index contributed by atoms with van der Waals surface area (Å²) in [6.07, 6.45) is 1.02. The van der Waals surface area contributed by atoms with Gasteiger partial charge in [-0.2, -0.15) is 10.2 Å². The van der Waals surface area contributed by atoms with E-state index in [1.807, 2.05) is 6.07 Å². The number of aromatic nitrogens is 1. The Bertz CT molecular complexity index is 645. The lowest BCUT2D eigenvalue weighted by Crippen LogP contribution is -1.98. The molecular weight excluding hydrogens is 302 g/mol. The fourth-order valence-electron chi connectivity index (χ4n) is 1.26. The van der Waals surface area contributed by atoms with Crippen LogP contribution in [0.1, 0.15) is 16.1 Å². The number of halogens is 1. The lowest BCUT2D eigenvalue weighted by molar-refractivity contribution is 0.0690. The highest BCUT2D eigenvalue weighted by Gasteiger charge is 2.11. The van der Waals surface area contributed by atoms with Crippen molar-refractivity contribution in [3.63, 3.8) is 0 Å². The first-order valence-corrected chi connectivity index (χ1v) is 5.55. The fraction of sp³-hybridized carbons (Fsp3) is 0. The molecule has 0 aliphatic heterocycles. The summed E-state index contributed by atoms with van der Waals surface area (Å²) in [7, 11) is 0. The van der Waals surface area contributed by atoms with Crippen molar-refractivity contribution in [3.8, 4) is 6.07 Å². The van der Waals surface area contributed by atoms with Crippen molar-refractivity contribution in [1.29, 1.82) is 5.26 Å². The summed E-state index contributed by atoms with van der Waals surface area (Å²) in [5.41, 5.74) is 0.673. The second-order valence-corrected chi connectivity index (χ2v) is 4.19. The van der Waals surface area contributed by atoms with Crippen molar-refractivity contribution < 1.29 is 14.3 Å². The maximum absolute atomic E-state index is 10.6. The molecule has 2 rings (SSSR count). The number of benzene rings is 1. The highest BCUT2D eigenvalue weighted by atomic mass is 79.9. The molecule has 2 aromatic rings. The Labute approximate surface area is 110 Å². The summed E-state index contributed by atoms with van der Waals surface area (Å²) in [5, 5.41) is 20.4. The number of hydrogen-bond acceptors (Lipinski definition) is 5. The first-order valence-electron chi connectivity index (χ1n) is 4.75. The Morgan fingerprint density at radius 2 is 2.33 bits per heavy atom. The third-order valence-corrected chi connectivity index (χ3v) is 2.56. The van der Waals surface area contributed by atoms with Crippen LogP contribution in [0.5, 0.6) is 0 Å². The molecule has 0 unspecified atom stereocenters. The quantitative estimate of drug-likeness (QED) is 0.904. The molecule has 1 heterocycles. The van der Waals surface area contributed by atoms with Crippen LogP contribution in [0.15, 0.2) is 33.4 Å². The number of rotatable bonds is 3. The number of nitrogens with zero attached hydrogens (tertiary/aromatic N) is 2. The van der Waals surface area contributed by atoms with Crippen LogP contribution in [0.25, 0.3) is 0 Å². The second-order valence-electron chi connectivity index (χ2n) is 3.27. The van der Waals surface area contributed by atoms with E-state index in [0.717, 1.165) is 10.7 Å². The maximum Gasteiger partial charge on any atom is 0.357 e. The van der Waals surface area contributed by atoms with Crippen molar-refractivity contribution in [2.24, 2.45) is 0 Å². The number of carboxylic acids is 1. The second kappa shape index (κ2) is 4.89. The largest absolute Gasteiger partial charge is 0.476 e. The smallest absolute Gasteiger partial charge is 0.357 e. The van der Waals surface area contributed by atoms with Gasteiger partial charge in [-0.15, -0.1) is 0 Å². The first kappa shape index (κ1) is 12.1. The highest BCUT2D eigenvalue weighted by Crippen LogP contribution is 2.23. The Morgan fingerprint density at radius 3 is 2.94 bits per heavy atom. The van der Waals surface area contributed by atoms with Crippen LogP contribution < -0.4 is 5.32 Å². The summed E-state index contributed by atoms with van der Waals surface area (Å²) in [6, 6.07) is 7.06. The molecule has 1 aromatic heterocycles. The van der Waals surface area contributed by atoms with E-state index in [4.69, 9.17) is 14.8 Å². The zero-order valence-corrected chi connectivity index (χ0v) is 10.4. The molecule has 0 fully saturated rings. The third-order valence-electron chi connectivity index (χ3n) is 2.07. The predicted molar refractivity (Wildman–Crippen MR) is 65.6 cm³/mol. The van der Waals surface area contributed by atoms with Gasteiger partial charge in [-0.25, -0.2) is 4.79 Å². The van der Waals surface area contributed by atoms with Gasteiger partial charge in [-0.05, 0) is 18.2 Å². The molecule has 0 aliphatic carbocycles. The van der Waals surface area contributed by atoms with Crippen LogP contribution in [0, 0.1) is 11.3 Å². The van der Waals surface area contributed by atoms with E-state index in [-0.39, 0.29) is 11.7 Å². The van der Waals surface area contributed by atoms with E-state index in [9.17, 15) is 4.79 Å². The predicted octanol–water partition coefficient (Wildman–Crippen LogP) is 2.75. The zero-order valence-electron chi connectivity index (χ0n) is 8.85. The van der Waals surface area contributed by atoms with Crippen LogP contribution in [-0.4, -0.2) is 16.1 Å². The molecule has 18 heavy (non-hydrogen) atoms. The Kier molecular flexibility index (Phi) is 3.30. The molecule has 0 saturated carbocycles. The molecule has 90 valence electrons. The topological polar surface area (TPSA) is 99.2 Å². The van der Waals surface area contributed by atoms with E-state index in [1.165, 1.54) is 0 Å². The van der Waals surface area contributed by atoms with E-state index in [2.05, 4.69) is 26.2 Å². The minimum Gasteiger partial charge on any atom is -0.476 e. The molecule has 0 radical (unpaired) electrons. The minimum absolute atomic E-state index is 0.0197. The summed E-state index contributed by atoms with van der Waals surface area (Å²) in [5.74, 6) is -1.18. The minimum atomic E-state index is -1.18. The van der Waals surface area contributed by atoms with E-state index in [0.29, 0.717) is 11.3 Å². The summed E-state index contributed by atoms with van der Waals surface area (Å²) in [4.78, 5) is 14.3. The van der Waals surface area contributed by atoms with E-state index >= 15 is 0 Å². The average Bonchev–Trinajstić information content (AvgIpc) is 2.80. The van der Waals surface area contributed by atoms with Gasteiger partial charge in [0.15, 0.2) is 5.69 Å². The molecular formula is C11H6BrN3O3. The molecule has 2 N–H and O–H groups in total. The number of carbonyl (C=O) groups is 1. The van der Waals surface area contributed by atoms with Crippen molar-refractivity contribution in [3.05, 3.63) is 40.2 Å². The van der Waals surface area contributed by atoms with Crippen LogP contribution in [0.3, 0.4) is 0 Å². The van der Waals surface area contributed by atoms with Crippen LogP contribution in [0.4, 0.5) is 11.7 Å². The number of hydrogen-bond donors (Lipinski definition) is 2. The summed E-state index contributed by atoms with van der Waals surface area (Å²) in [6.45, 7) is 0. The van der Waals surface area contributed by atoms with Crippen molar-refractivity contribution in [1.82, 2.24) is 4.98 Å². The van der Waals surface area contributed by atoms with Gasteiger partial charge in [0.1, 0.15) is 12.3 Å². The standard InChI is InChI=1S/C11H6BrN3O3/c12-7-1-2-8(6(3-7)4-13)14-11-15-9(5-18-11)10(16)17/h1-3,5H,(H,14,15)(H,16,17). The monoisotopic (exact) mass is 307 g/mol. The number of carboxylic acid groups (broad SMARTS) is 1. The SMILES string of the molecule is N#Cc1cc(Br)ccc1Nc1nc(C(=O)O)co1. The van der Waals surface area contributed by atoms with Crippen molar-refractivity contribution >= 4 is 33.6 Å². The molecule has 1 aromatic carbocycles. The fourth-order valence-corrected chi connectivity index (χ4v) is 1.62. The number of anilines is 2. The van der Waals surface area contributed by atoms with Crippen molar-refractivity contribution in [2.75, 3.05) is 5.32 Å². The molecule has 7 heteroatoms. The van der Waals surface area contributed by atoms with Gasteiger partial charge >= 0.3 is 5.97 Å². The van der Waals surface area contributed by atoms with Gasteiger partial charge in [0.2, 0.25) is 0 Å². The van der Waals surface area contributed by atoms with Gasteiger partial charge in [0, 0.05) is 4.47 Å². The lowest BCUT2D eigenvalue weighted by atomic mass is 10.2. The molecule has 0 saturated heterocycles. The number of nitrogens with one attached hydrogen (secondary N) is 1. The molecule has 6 nitrogen and oxygen atoms in total. The first-order chi connectivity index (χ1) is 8.60. The lowest BCUT2D eigenvalue weighted by Gasteiger charge is -2.03. The van der Waals surface area contributed by atoms with Crippen LogP contribution in [-0.2, 0) is 0 Å². The molecule has 0 amide bonds. The number of oxazole rings is 1. The Balaban J connectivity index is 2.28. The van der Waals surface area contributed by atoms with Gasteiger partial charge in [-0.3, -0.25) is 0 Å².